The number of rotatable bonds is 4. The number of sulfonamides is 1. The number of aryl methyl sites for hydroxylation is 2. The van der Waals surface area contributed by atoms with Gasteiger partial charge in [0, 0.05) is 38.6 Å². The zero-order valence-corrected chi connectivity index (χ0v) is 18.1. The summed E-state index contributed by atoms with van der Waals surface area (Å²) in [6, 6.07) is 12.4. The minimum Gasteiger partial charge on any atom is -0.443 e. The van der Waals surface area contributed by atoms with E-state index in [1.807, 2.05) is 6.92 Å². The predicted molar refractivity (Wildman–Crippen MR) is 113 cm³/mol. The SMILES string of the molecule is Cc1ccc(S(=O)(=O)N2CCN(C(=O)c3c(C)oc(-n4cccc4)c3C#N)CC2)cc1. The van der Waals surface area contributed by atoms with Crippen LogP contribution >= 0.6 is 0 Å². The van der Waals surface area contributed by atoms with Gasteiger partial charge in [0.15, 0.2) is 0 Å². The lowest BCUT2D eigenvalue weighted by Gasteiger charge is -2.34. The maximum Gasteiger partial charge on any atom is 0.258 e. The molecular formula is C22H22N4O4S. The minimum absolute atomic E-state index is 0.174. The molecule has 0 radical (unpaired) electrons. The van der Waals surface area contributed by atoms with Gasteiger partial charge in [-0.1, -0.05) is 17.7 Å². The number of carbonyl (C=O) groups is 1. The second kappa shape index (κ2) is 8.06. The Morgan fingerprint density at radius 3 is 2.23 bits per heavy atom. The van der Waals surface area contributed by atoms with Crippen molar-refractivity contribution in [1.29, 1.82) is 5.26 Å². The average molecular weight is 439 g/mol. The summed E-state index contributed by atoms with van der Waals surface area (Å²) in [5, 5.41) is 9.67. The van der Waals surface area contributed by atoms with Crippen molar-refractivity contribution in [1.82, 2.24) is 13.8 Å². The molecule has 0 N–H and O–H groups in total. The molecule has 3 aromatic rings. The molecule has 0 unspecified atom stereocenters. The summed E-state index contributed by atoms with van der Waals surface area (Å²) in [5.74, 6) is 0.331. The molecule has 0 spiro atoms. The lowest BCUT2D eigenvalue weighted by atomic mass is 10.1. The van der Waals surface area contributed by atoms with Crippen LogP contribution in [0.25, 0.3) is 5.88 Å². The van der Waals surface area contributed by atoms with Crippen LogP contribution in [-0.2, 0) is 10.0 Å². The van der Waals surface area contributed by atoms with Crippen LogP contribution in [0.3, 0.4) is 0 Å². The smallest absolute Gasteiger partial charge is 0.258 e. The van der Waals surface area contributed by atoms with Crippen molar-refractivity contribution >= 4 is 15.9 Å². The largest absolute Gasteiger partial charge is 0.443 e. The first-order chi connectivity index (χ1) is 14.8. The summed E-state index contributed by atoms with van der Waals surface area (Å²) < 4.78 is 34.6. The van der Waals surface area contributed by atoms with Crippen LogP contribution < -0.4 is 0 Å². The highest BCUT2D eigenvalue weighted by atomic mass is 32.2. The number of hydrogen-bond acceptors (Lipinski definition) is 5. The van der Waals surface area contributed by atoms with E-state index >= 15 is 0 Å². The molecule has 1 aliphatic heterocycles. The number of piperazine rings is 1. The van der Waals surface area contributed by atoms with E-state index in [0.29, 0.717) is 11.6 Å². The molecule has 4 rings (SSSR count). The molecule has 160 valence electrons. The summed E-state index contributed by atoms with van der Waals surface area (Å²) in [7, 11) is -3.62. The first-order valence-electron chi connectivity index (χ1n) is 9.86. The Bertz CT molecular complexity index is 1240. The van der Waals surface area contributed by atoms with Crippen LogP contribution in [0.2, 0.25) is 0 Å². The lowest BCUT2D eigenvalue weighted by Crippen LogP contribution is -2.50. The fourth-order valence-electron chi connectivity index (χ4n) is 3.69. The summed E-state index contributed by atoms with van der Waals surface area (Å²) in [6.07, 6.45) is 3.48. The first-order valence-corrected chi connectivity index (χ1v) is 11.3. The second-order valence-corrected chi connectivity index (χ2v) is 9.36. The van der Waals surface area contributed by atoms with Crippen molar-refractivity contribution < 1.29 is 17.6 Å². The van der Waals surface area contributed by atoms with Crippen molar-refractivity contribution in [3.05, 3.63) is 71.2 Å². The number of furan rings is 1. The van der Waals surface area contributed by atoms with Crippen LogP contribution in [0.15, 0.2) is 58.1 Å². The van der Waals surface area contributed by atoms with Gasteiger partial charge >= 0.3 is 0 Å². The molecule has 9 heteroatoms. The van der Waals surface area contributed by atoms with Crippen molar-refractivity contribution in [3.63, 3.8) is 0 Å². The van der Waals surface area contributed by atoms with Crippen molar-refractivity contribution in [2.75, 3.05) is 26.2 Å². The van der Waals surface area contributed by atoms with Gasteiger partial charge in [-0.15, -0.1) is 0 Å². The Morgan fingerprint density at radius 1 is 1.03 bits per heavy atom. The predicted octanol–water partition coefficient (Wildman–Crippen LogP) is 2.71. The number of nitriles is 1. The normalized spacial score (nSPS) is 15.1. The molecule has 3 heterocycles. The van der Waals surface area contributed by atoms with Gasteiger partial charge in [0.25, 0.3) is 5.91 Å². The van der Waals surface area contributed by atoms with Gasteiger partial charge < -0.3 is 9.32 Å². The van der Waals surface area contributed by atoms with Crippen LogP contribution in [0, 0.1) is 25.2 Å². The zero-order valence-electron chi connectivity index (χ0n) is 17.3. The number of carbonyl (C=O) groups excluding carboxylic acids is 1. The number of amides is 1. The van der Waals surface area contributed by atoms with E-state index in [4.69, 9.17) is 4.42 Å². The van der Waals surface area contributed by atoms with Gasteiger partial charge in [0.05, 0.1) is 4.90 Å². The highest BCUT2D eigenvalue weighted by Gasteiger charge is 2.33. The van der Waals surface area contributed by atoms with Crippen LogP contribution in [0.1, 0.15) is 27.2 Å². The van der Waals surface area contributed by atoms with E-state index in [1.54, 1.807) is 65.2 Å². The standard InChI is InChI=1S/C22H22N4O4S/c1-16-5-7-18(8-6-16)31(28,29)26-13-11-24(12-14-26)21(27)20-17(2)30-22(19(20)15-23)25-9-3-4-10-25/h3-10H,11-14H2,1-2H3. The topological polar surface area (TPSA) is 99.6 Å². The molecule has 1 aromatic carbocycles. The van der Waals surface area contributed by atoms with E-state index in [9.17, 15) is 18.5 Å². The molecule has 0 bridgehead atoms. The first kappa shape index (κ1) is 20.9. The van der Waals surface area contributed by atoms with Crippen molar-refractivity contribution in [3.8, 4) is 12.0 Å². The molecule has 1 saturated heterocycles. The summed E-state index contributed by atoms with van der Waals surface area (Å²) >= 11 is 0. The molecule has 31 heavy (non-hydrogen) atoms. The van der Waals surface area contributed by atoms with Crippen LogP contribution in [0.5, 0.6) is 0 Å². The average Bonchev–Trinajstić information content (AvgIpc) is 3.41. The molecular weight excluding hydrogens is 416 g/mol. The summed E-state index contributed by atoms with van der Waals surface area (Å²) in [4.78, 5) is 15.0. The Morgan fingerprint density at radius 2 is 1.65 bits per heavy atom. The van der Waals surface area contributed by atoms with Gasteiger partial charge in [-0.05, 0) is 38.1 Å². The van der Waals surface area contributed by atoms with Gasteiger partial charge in [-0.3, -0.25) is 9.36 Å². The number of hydrogen-bond donors (Lipinski definition) is 0. The number of aromatic nitrogens is 1. The molecule has 1 fully saturated rings. The third-order valence-electron chi connectivity index (χ3n) is 5.41. The Hall–Kier alpha value is -3.35. The highest BCUT2D eigenvalue weighted by molar-refractivity contribution is 7.89. The summed E-state index contributed by atoms with van der Waals surface area (Å²) in [5.41, 5.74) is 1.38. The molecule has 1 aliphatic rings. The van der Waals surface area contributed by atoms with Crippen molar-refractivity contribution in [2.45, 2.75) is 18.7 Å². The molecule has 0 aliphatic carbocycles. The van der Waals surface area contributed by atoms with Crippen LogP contribution in [0.4, 0.5) is 0 Å². The third-order valence-corrected chi connectivity index (χ3v) is 7.33. The van der Waals surface area contributed by atoms with Crippen molar-refractivity contribution in [2.24, 2.45) is 0 Å². The van der Waals surface area contributed by atoms with E-state index in [0.717, 1.165) is 5.56 Å². The Balaban J connectivity index is 1.53. The van der Waals surface area contributed by atoms with E-state index < -0.39 is 10.0 Å². The number of benzene rings is 1. The Labute approximate surface area is 181 Å². The van der Waals surface area contributed by atoms with Gasteiger partial charge in [0.1, 0.15) is 23.0 Å². The molecule has 0 atom stereocenters. The maximum absolute atomic E-state index is 13.2. The number of nitrogens with zero attached hydrogens (tertiary/aromatic N) is 4. The van der Waals surface area contributed by atoms with Gasteiger partial charge in [-0.25, -0.2) is 8.42 Å². The molecule has 8 nitrogen and oxygen atoms in total. The van der Waals surface area contributed by atoms with Gasteiger partial charge in [-0.2, -0.15) is 9.57 Å². The lowest BCUT2D eigenvalue weighted by molar-refractivity contribution is 0.0696. The summed E-state index contributed by atoms with van der Waals surface area (Å²) in [6.45, 7) is 4.39. The molecule has 2 aromatic heterocycles. The van der Waals surface area contributed by atoms with E-state index in [1.165, 1.54) is 4.31 Å². The molecule has 1 amide bonds. The monoisotopic (exact) mass is 438 g/mol. The van der Waals surface area contributed by atoms with Crippen LogP contribution in [-0.4, -0.2) is 54.3 Å². The second-order valence-electron chi connectivity index (χ2n) is 7.42. The minimum atomic E-state index is -3.62. The quantitative estimate of drug-likeness (QED) is 0.624. The highest BCUT2D eigenvalue weighted by Crippen LogP contribution is 2.27. The molecule has 0 saturated carbocycles. The fourth-order valence-corrected chi connectivity index (χ4v) is 5.11. The Kier molecular flexibility index (Phi) is 5.43. The zero-order chi connectivity index (χ0) is 22.2. The maximum atomic E-state index is 13.2. The fraction of sp³-hybridized carbons (Fsp3) is 0.273. The van der Waals surface area contributed by atoms with E-state index in [-0.39, 0.29) is 48.1 Å². The van der Waals surface area contributed by atoms with Gasteiger partial charge in [0.2, 0.25) is 15.9 Å². The third kappa shape index (κ3) is 3.76. The van der Waals surface area contributed by atoms with E-state index in [2.05, 4.69) is 6.07 Å².